The highest BCUT2D eigenvalue weighted by atomic mass is 32.2. The number of hydrogen-bond donors (Lipinski definition) is 0. The smallest absolute Gasteiger partial charge is 0.376 e. The van der Waals surface area contributed by atoms with Gasteiger partial charge in [0.2, 0.25) is 0 Å². The predicted molar refractivity (Wildman–Crippen MR) is 80.6 cm³/mol. The van der Waals surface area contributed by atoms with Crippen LogP contribution in [0.3, 0.4) is 0 Å². The summed E-state index contributed by atoms with van der Waals surface area (Å²) in [6, 6.07) is 15.1. The molecule has 0 aliphatic rings. The zero-order valence-corrected chi connectivity index (χ0v) is 13.1. The first-order valence-corrected chi connectivity index (χ1v) is 8.31. The summed E-state index contributed by atoms with van der Waals surface area (Å²) in [6.45, 7) is 1.94. The summed E-state index contributed by atoms with van der Waals surface area (Å²) in [7, 11) is -5.66. The van der Waals surface area contributed by atoms with Crippen molar-refractivity contribution < 1.29 is 25.8 Å². The molecule has 2 aromatic rings. The average molecular weight is 344 g/mol. The molecule has 1 atom stereocenters. The zero-order chi connectivity index (χ0) is 17.1. The van der Waals surface area contributed by atoms with Gasteiger partial charge in [-0.1, -0.05) is 49.4 Å². The molecular formula is C16H15F3O3S. The van der Waals surface area contributed by atoms with Gasteiger partial charge in [0.15, 0.2) is 0 Å². The van der Waals surface area contributed by atoms with Crippen LogP contribution in [-0.4, -0.2) is 13.9 Å². The summed E-state index contributed by atoms with van der Waals surface area (Å²) in [5, 5.41) is 0. The van der Waals surface area contributed by atoms with E-state index in [1.165, 1.54) is 18.2 Å². The van der Waals surface area contributed by atoms with E-state index in [1.807, 2.05) is 37.3 Å². The van der Waals surface area contributed by atoms with Crippen molar-refractivity contribution in [3.05, 3.63) is 65.7 Å². The van der Waals surface area contributed by atoms with Crippen LogP contribution >= 0.6 is 0 Å². The summed E-state index contributed by atoms with van der Waals surface area (Å²) >= 11 is 0. The van der Waals surface area contributed by atoms with Crippen molar-refractivity contribution in [1.82, 2.24) is 0 Å². The van der Waals surface area contributed by atoms with Gasteiger partial charge in [-0.2, -0.15) is 21.6 Å². The molecule has 0 amide bonds. The first-order valence-electron chi connectivity index (χ1n) is 6.90. The second-order valence-electron chi connectivity index (χ2n) is 4.93. The fourth-order valence-corrected chi connectivity index (χ4v) is 2.76. The summed E-state index contributed by atoms with van der Waals surface area (Å²) in [5.74, 6) is -0.414. The van der Waals surface area contributed by atoms with E-state index in [9.17, 15) is 21.6 Å². The van der Waals surface area contributed by atoms with E-state index < -0.39 is 15.6 Å². The minimum atomic E-state index is -5.66. The molecule has 23 heavy (non-hydrogen) atoms. The lowest BCUT2D eigenvalue weighted by atomic mass is 9.89. The van der Waals surface area contributed by atoms with Gasteiger partial charge in [-0.15, -0.1) is 0 Å². The maximum Gasteiger partial charge on any atom is 0.534 e. The van der Waals surface area contributed by atoms with E-state index in [-0.39, 0.29) is 11.7 Å². The SMILES string of the molecule is CC[C@H](c1ccccc1)c1cccc(OS(=O)(=O)C(F)(F)F)c1. The summed E-state index contributed by atoms with van der Waals surface area (Å²) in [4.78, 5) is 0. The van der Waals surface area contributed by atoms with Crippen molar-refractivity contribution in [3.8, 4) is 5.75 Å². The molecule has 2 rings (SSSR count). The third kappa shape index (κ3) is 4.04. The van der Waals surface area contributed by atoms with Gasteiger partial charge in [0.1, 0.15) is 5.75 Å². The van der Waals surface area contributed by atoms with Crippen molar-refractivity contribution in [3.63, 3.8) is 0 Å². The van der Waals surface area contributed by atoms with E-state index >= 15 is 0 Å². The van der Waals surface area contributed by atoms with Gasteiger partial charge in [-0.3, -0.25) is 0 Å². The number of rotatable bonds is 5. The molecule has 0 aliphatic heterocycles. The molecule has 0 bridgehead atoms. The lowest BCUT2D eigenvalue weighted by molar-refractivity contribution is -0.0500. The Morgan fingerprint density at radius 1 is 1.00 bits per heavy atom. The van der Waals surface area contributed by atoms with Gasteiger partial charge >= 0.3 is 15.6 Å². The monoisotopic (exact) mass is 344 g/mol. The fraction of sp³-hybridized carbons (Fsp3) is 0.250. The largest absolute Gasteiger partial charge is 0.534 e. The Morgan fingerprint density at radius 3 is 2.17 bits per heavy atom. The minimum absolute atomic E-state index is 0.0617. The topological polar surface area (TPSA) is 43.4 Å². The molecule has 0 fully saturated rings. The van der Waals surface area contributed by atoms with Crippen LogP contribution in [-0.2, 0) is 10.1 Å². The van der Waals surface area contributed by atoms with Crippen LogP contribution < -0.4 is 4.18 Å². The van der Waals surface area contributed by atoms with Crippen LogP contribution in [0.15, 0.2) is 54.6 Å². The van der Waals surface area contributed by atoms with E-state index in [0.29, 0.717) is 12.0 Å². The van der Waals surface area contributed by atoms with Crippen LogP contribution in [0.4, 0.5) is 13.2 Å². The molecule has 7 heteroatoms. The number of alkyl halides is 3. The second-order valence-corrected chi connectivity index (χ2v) is 6.47. The summed E-state index contributed by atoms with van der Waals surface area (Å²) in [5.41, 5.74) is -3.77. The van der Waals surface area contributed by atoms with Crippen LogP contribution in [0.5, 0.6) is 5.75 Å². The van der Waals surface area contributed by atoms with Crippen molar-refractivity contribution in [2.75, 3.05) is 0 Å². The Labute approximate surface area is 132 Å². The summed E-state index contributed by atoms with van der Waals surface area (Å²) < 4.78 is 63.6. The van der Waals surface area contributed by atoms with Crippen LogP contribution in [0, 0.1) is 0 Å². The average Bonchev–Trinajstić information content (AvgIpc) is 2.48. The standard InChI is InChI=1S/C16H15F3O3S/c1-2-15(12-7-4-3-5-8-12)13-9-6-10-14(11-13)22-23(20,21)16(17,18)19/h3-11,15H,2H2,1H3/t15-/m1/s1. The van der Waals surface area contributed by atoms with Crippen molar-refractivity contribution in [2.45, 2.75) is 24.8 Å². The first kappa shape index (κ1) is 17.3. The Balaban J connectivity index is 2.33. The normalized spacial score (nSPS) is 13.6. The van der Waals surface area contributed by atoms with Gasteiger partial charge in [0.25, 0.3) is 0 Å². The molecule has 0 aromatic heterocycles. The molecule has 0 aliphatic carbocycles. The molecule has 2 aromatic carbocycles. The maximum atomic E-state index is 12.4. The van der Waals surface area contributed by atoms with E-state index in [2.05, 4.69) is 4.18 Å². The van der Waals surface area contributed by atoms with Gasteiger partial charge in [-0.05, 0) is 29.7 Å². The molecule has 0 N–H and O–H groups in total. The fourth-order valence-electron chi connectivity index (χ4n) is 2.31. The minimum Gasteiger partial charge on any atom is -0.376 e. The highest BCUT2D eigenvalue weighted by Crippen LogP contribution is 2.32. The van der Waals surface area contributed by atoms with E-state index in [0.717, 1.165) is 5.56 Å². The molecule has 0 saturated carbocycles. The molecule has 0 radical (unpaired) electrons. The molecular weight excluding hydrogens is 329 g/mol. The van der Waals surface area contributed by atoms with Crippen LogP contribution in [0.25, 0.3) is 0 Å². The quantitative estimate of drug-likeness (QED) is 0.594. The third-order valence-electron chi connectivity index (χ3n) is 3.36. The molecule has 0 unspecified atom stereocenters. The first-order chi connectivity index (χ1) is 10.7. The number of benzene rings is 2. The highest BCUT2D eigenvalue weighted by molar-refractivity contribution is 7.88. The maximum absolute atomic E-state index is 12.4. The Bertz CT molecular complexity index is 756. The van der Waals surface area contributed by atoms with Gasteiger partial charge in [-0.25, -0.2) is 0 Å². The van der Waals surface area contributed by atoms with Gasteiger partial charge in [0.05, 0.1) is 0 Å². The lowest BCUT2D eigenvalue weighted by Crippen LogP contribution is -2.28. The predicted octanol–water partition coefficient (Wildman–Crippen LogP) is 4.46. The molecule has 0 heterocycles. The Morgan fingerprint density at radius 2 is 1.61 bits per heavy atom. The highest BCUT2D eigenvalue weighted by Gasteiger charge is 2.48. The summed E-state index contributed by atoms with van der Waals surface area (Å²) in [6.07, 6.45) is 0.708. The molecule has 0 spiro atoms. The zero-order valence-electron chi connectivity index (χ0n) is 12.2. The van der Waals surface area contributed by atoms with Crippen molar-refractivity contribution >= 4 is 10.1 Å². The van der Waals surface area contributed by atoms with Crippen LogP contribution in [0.2, 0.25) is 0 Å². The van der Waals surface area contributed by atoms with E-state index in [4.69, 9.17) is 0 Å². The molecule has 124 valence electrons. The molecule has 0 saturated heterocycles. The number of hydrogen-bond acceptors (Lipinski definition) is 3. The van der Waals surface area contributed by atoms with Crippen LogP contribution in [0.1, 0.15) is 30.4 Å². The van der Waals surface area contributed by atoms with Gasteiger partial charge < -0.3 is 4.18 Å². The Kier molecular flexibility index (Phi) is 4.99. The van der Waals surface area contributed by atoms with Crippen molar-refractivity contribution in [1.29, 1.82) is 0 Å². The Hall–Kier alpha value is -2.02. The van der Waals surface area contributed by atoms with Crippen molar-refractivity contribution in [2.24, 2.45) is 0 Å². The second kappa shape index (κ2) is 6.62. The number of halogens is 3. The lowest BCUT2D eigenvalue weighted by Gasteiger charge is -2.17. The van der Waals surface area contributed by atoms with E-state index in [1.54, 1.807) is 6.07 Å². The third-order valence-corrected chi connectivity index (χ3v) is 4.34. The van der Waals surface area contributed by atoms with Gasteiger partial charge in [0, 0.05) is 5.92 Å². The molecule has 3 nitrogen and oxygen atoms in total.